The number of nitrogens with one attached hydrogen (secondary N) is 2. The molecule has 1 heterocycles. The van der Waals surface area contributed by atoms with Crippen LogP contribution in [0.5, 0.6) is 0 Å². The standard InChI is InChI=1S/C17H15BrF3N5O2/c1-8(2)23-16(28)17(20,21)14-12(18)13(26(3)25-14)15(27)24-10-4-5-11(19)9(6-10)7-22/h4-6,8H,1-3H3,(H,23,28)(H,24,27). The molecule has 0 aliphatic rings. The molecule has 7 nitrogen and oxygen atoms in total. The summed E-state index contributed by atoms with van der Waals surface area (Å²) in [5.74, 6) is -7.14. The van der Waals surface area contributed by atoms with Gasteiger partial charge in [-0.05, 0) is 48.0 Å². The summed E-state index contributed by atoms with van der Waals surface area (Å²) in [4.78, 5) is 24.3. The second kappa shape index (κ2) is 8.02. The minimum Gasteiger partial charge on any atom is -0.348 e. The van der Waals surface area contributed by atoms with E-state index in [1.54, 1.807) is 6.07 Å². The van der Waals surface area contributed by atoms with Crippen molar-refractivity contribution in [2.45, 2.75) is 25.8 Å². The lowest BCUT2D eigenvalue weighted by atomic mass is 10.2. The van der Waals surface area contributed by atoms with E-state index in [1.165, 1.54) is 27.0 Å². The number of rotatable bonds is 5. The molecule has 0 aliphatic carbocycles. The molecule has 2 aromatic rings. The molecule has 148 valence electrons. The summed E-state index contributed by atoms with van der Waals surface area (Å²) in [7, 11) is 1.25. The molecule has 0 aliphatic heterocycles. The molecular formula is C17H15BrF3N5O2. The first-order chi connectivity index (χ1) is 13.0. The van der Waals surface area contributed by atoms with Gasteiger partial charge < -0.3 is 10.6 Å². The number of amides is 2. The number of aryl methyl sites for hydroxylation is 1. The van der Waals surface area contributed by atoms with E-state index < -0.39 is 35.3 Å². The summed E-state index contributed by atoms with van der Waals surface area (Å²) in [6, 6.07) is 4.41. The molecule has 0 spiro atoms. The van der Waals surface area contributed by atoms with Gasteiger partial charge in [-0.15, -0.1) is 0 Å². The van der Waals surface area contributed by atoms with Crippen LogP contribution in [-0.2, 0) is 17.8 Å². The van der Waals surface area contributed by atoms with E-state index in [9.17, 15) is 22.8 Å². The van der Waals surface area contributed by atoms with Crippen molar-refractivity contribution in [2.24, 2.45) is 7.05 Å². The number of nitriles is 1. The monoisotopic (exact) mass is 457 g/mol. The Kier molecular flexibility index (Phi) is 6.14. The first kappa shape index (κ1) is 21.4. The van der Waals surface area contributed by atoms with E-state index in [-0.39, 0.29) is 21.4 Å². The third-order valence-electron chi connectivity index (χ3n) is 3.55. The van der Waals surface area contributed by atoms with E-state index in [4.69, 9.17) is 5.26 Å². The van der Waals surface area contributed by atoms with Gasteiger partial charge in [0.1, 0.15) is 17.6 Å². The highest BCUT2D eigenvalue weighted by Crippen LogP contribution is 2.35. The molecule has 2 N–H and O–H groups in total. The SMILES string of the molecule is CC(C)NC(=O)C(F)(F)c1nn(C)c(C(=O)Nc2ccc(F)c(C#N)c2)c1Br. The molecule has 0 atom stereocenters. The molecular weight excluding hydrogens is 443 g/mol. The normalized spacial score (nSPS) is 11.2. The first-order valence-corrected chi connectivity index (χ1v) is 8.71. The van der Waals surface area contributed by atoms with Gasteiger partial charge >= 0.3 is 5.92 Å². The van der Waals surface area contributed by atoms with E-state index in [0.717, 1.165) is 16.8 Å². The number of anilines is 1. The summed E-state index contributed by atoms with van der Waals surface area (Å²) in [5.41, 5.74) is -1.41. The lowest BCUT2D eigenvalue weighted by Crippen LogP contribution is -2.42. The molecule has 0 bridgehead atoms. The third kappa shape index (κ3) is 4.17. The van der Waals surface area contributed by atoms with Gasteiger partial charge in [-0.25, -0.2) is 4.39 Å². The first-order valence-electron chi connectivity index (χ1n) is 7.91. The maximum atomic E-state index is 14.5. The van der Waals surface area contributed by atoms with Gasteiger partial charge in [-0.2, -0.15) is 19.1 Å². The number of aromatic nitrogens is 2. The quantitative estimate of drug-likeness (QED) is 0.720. The Hall–Kier alpha value is -2.87. The number of benzene rings is 1. The van der Waals surface area contributed by atoms with Crippen molar-refractivity contribution in [3.8, 4) is 6.07 Å². The molecule has 28 heavy (non-hydrogen) atoms. The lowest BCUT2D eigenvalue weighted by molar-refractivity contribution is -0.148. The fraction of sp³-hybridized carbons (Fsp3) is 0.294. The number of nitrogens with zero attached hydrogens (tertiary/aromatic N) is 3. The molecule has 0 saturated heterocycles. The van der Waals surface area contributed by atoms with Crippen LogP contribution in [0.4, 0.5) is 18.9 Å². The second-order valence-electron chi connectivity index (χ2n) is 6.10. The van der Waals surface area contributed by atoms with E-state index in [0.29, 0.717) is 0 Å². The Morgan fingerprint density at radius 3 is 2.57 bits per heavy atom. The minimum absolute atomic E-state index is 0.0851. The Labute approximate surface area is 166 Å². The van der Waals surface area contributed by atoms with Gasteiger partial charge in [0.15, 0.2) is 5.69 Å². The fourth-order valence-corrected chi connectivity index (χ4v) is 3.05. The Morgan fingerprint density at radius 1 is 1.36 bits per heavy atom. The van der Waals surface area contributed by atoms with Crippen LogP contribution < -0.4 is 10.6 Å². The third-order valence-corrected chi connectivity index (χ3v) is 4.30. The summed E-state index contributed by atoms with van der Waals surface area (Å²) in [6.45, 7) is 3.05. The minimum atomic E-state index is -3.98. The highest BCUT2D eigenvalue weighted by Gasteiger charge is 2.46. The van der Waals surface area contributed by atoms with Gasteiger partial charge in [-0.1, -0.05) is 0 Å². The van der Waals surface area contributed by atoms with Crippen molar-refractivity contribution >= 4 is 33.4 Å². The van der Waals surface area contributed by atoms with Crippen LogP contribution >= 0.6 is 15.9 Å². The smallest absolute Gasteiger partial charge is 0.348 e. The van der Waals surface area contributed by atoms with Crippen molar-refractivity contribution in [3.63, 3.8) is 0 Å². The molecule has 11 heteroatoms. The number of alkyl halides is 2. The van der Waals surface area contributed by atoms with Gasteiger partial charge in [0.25, 0.3) is 11.8 Å². The van der Waals surface area contributed by atoms with Gasteiger partial charge in [0, 0.05) is 18.8 Å². The Balaban J connectivity index is 2.36. The largest absolute Gasteiger partial charge is 0.369 e. The lowest BCUT2D eigenvalue weighted by Gasteiger charge is -2.16. The fourth-order valence-electron chi connectivity index (χ4n) is 2.28. The van der Waals surface area contributed by atoms with Crippen LogP contribution in [0.1, 0.15) is 35.6 Å². The zero-order valence-corrected chi connectivity index (χ0v) is 16.6. The maximum absolute atomic E-state index is 14.5. The van der Waals surface area contributed by atoms with Crippen molar-refractivity contribution in [1.29, 1.82) is 5.26 Å². The Morgan fingerprint density at radius 2 is 2.00 bits per heavy atom. The molecule has 1 aromatic heterocycles. The molecule has 0 saturated carbocycles. The molecule has 0 radical (unpaired) electrons. The highest BCUT2D eigenvalue weighted by atomic mass is 79.9. The van der Waals surface area contributed by atoms with E-state index >= 15 is 0 Å². The maximum Gasteiger partial charge on any atom is 0.369 e. The number of carbonyl (C=O) groups excluding carboxylic acids is 2. The van der Waals surface area contributed by atoms with Crippen LogP contribution in [0.25, 0.3) is 0 Å². The average molecular weight is 458 g/mol. The van der Waals surface area contributed by atoms with Gasteiger partial charge in [-0.3, -0.25) is 14.3 Å². The Bertz CT molecular complexity index is 982. The summed E-state index contributed by atoms with van der Waals surface area (Å²) in [5, 5.41) is 16.9. The van der Waals surface area contributed by atoms with E-state index in [1.807, 2.05) is 0 Å². The number of hydrogen-bond donors (Lipinski definition) is 2. The predicted octanol–water partition coefficient (Wildman–Crippen LogP) is 3.06. The predicted molar refractivity (Wildman–Crippen MR) is 97.1 cm³/mol. The van der Waals surface area contributed by atoms with Crippen LogP contribution in [0, 0.1) is 17.1 Å². The van der Waals surface area contributed by atoms with Crippen molar-refractivity contribution in [2.75, 3.05) is 5.32 Å². The molecule has 2 amide bonds. The van der Waals surface area contributed by atoms with Crippen molar-refractivity contribution in [1.82, 2.24) is 15.1 Å². The van der Waals surface area contributed by atoms with Crippen molar-refractivity contribution in [3.05, 3.63) is 45.4 Å². The molecule has 1 aromatic carbocycles. The molecule has 0 unspecified atom stereocenters. The number of carbonyl (C=O) groups is 2. The topological polar surface area (TPSA) is 99.8 Å². The second-order valence-corrected chi connectivity index (χ2v) is 6.89. The van der Waals surface area contributed by atoms with Gasteiger partial charge in [0.05, 0.1) is 10.0 Å². The zero-order chi connectivity index (χ0) is 21.2. The highest BCUT2D eigenvalue weighted by molar-refractivity contribution is 9.10. The summed E-state index contributed by atoms with van der Waals surface area (Å²) < 4.78 is 42.8. The van der Waals surface area contributed by atoms with E-state index in [2.05, 4.69) is 31.7 Å². The summed E-state index contributed by atoms with van der Waals surface area (Å²) in [6.07, 6.45) is 0. The van der Waals surface area contributed by atoms with Crippen LogP contribution in [-0.4, -0.2) is 27.6 Å². The van der Waals surface area contributed by atoms with Crippen LogP contribution in [0.3, 0.4) is 0 Å². The zero-order valence-electron chi connectivity index (χ0n) is 15.0. The molecule has 0 fully saturated rings. The average Bonchev–Trinajstić information content (AvgIpc) is 2.91. The molecule has 2 rings (SSSR count). The van der Waals surface area contributed by atoms with Crippen molar-refractivity contribution < 1.29 is 22.8 Å². The summed E-state index contributed by atoms with van der Waals surface area (Å²) >= 11 is 2.91. The van der Waals surface area contributed by atoms with Crippen LogP contribution in [0.15, 0.2) is 22.7 Å². The van der Waals surface area contributed by atoms with Crippen LogP contribution in [0.2, 0.25) is 0 Å². The van der Waals surface area contributed by atoms with Gasteiger partial charge in [0.2, 0.25) is 0 Å². The number of halogens is 4. The number of hydrogen-bond acceptors (Lipinski definition) is 4.